The predicted octanol–water partition coefficient (Wildman–Crippen LogP) is 4.20. The molecule has 8 nitrogen and oxygen atoms in total. The lowest BCUT2D eigenvalue weighted by molar-refractivity contribution is 0.102. The van der Waals surface area contributed by atoms with Gasteiger partial charge in [0.05, 0.1) is 30.0 Å². The number of rotatable bonds is 6. The highest BCUT2D eigenvalue weighted by Crippen LogP contribution is 2.33. The maximum absolute atomic E-state index is 13.0. The second kappa shape index (κ2) is 9.64. The predicted molar refractivity (Wildman–Crippen MR) is 127 cm³/mol. The number of pyridine rings is 1. The lowest BCUT2D eigenvalue weighted by Gasteiger charge is -2.21. The summed E-state index contributed by atoms with van der Waals surface area (Å²) in [5.74, 6) is 0.213. The van der Waals surface area contributed by atoms with Crippen molar-refractivity contribution in [2.75, 3.05) is 19.5 Å². The highest BCUT2D eigenvalue weighted by molar-refractivity contribution is 6.10. The van der Waals surface area contributed by atoms with Gasteiger partial charge in [-0.15, -0.1) is 0 Å². The van der Waals surface area contributed by atoms with Gasteiger partial charge in [-0.1, -0.05) is 25.3 Å². The molecule has 1 saturated carbocycles. The number of hydrogen-bond donors (Lipinski definition) is 2. The molecule has 8 heteroatoms. The number of aromatic nitrogens is 3. The first-order valence-electron chi connectivity index (χ1n) is 10.8. The van der Waals surface area contributed by atoms with E-state index in [1.54, 1.807) is 38.6 Å². The van der Waals surface area contributed by atoms with E-state index in [1.165, 1.54) is 25.5 Å². The number of fused-ring (bicyclic) bond motifs is 1. The van der Waals surface area contributed by atoms with E-state index >= 15 is 0 Å². The largest absolute Gasteiger partial charge is 0.494 e. The Kier molecular flexibility index (Phi) is 6.49. The van der Waals surface area contributed by atoms with E-state index in [0.29, 0.717) is 28.7 Å². The number of nitrogens with zero attached hydrogens (tertiary/aromatic N) is 4. The fourth-order valence-electron chi connectivity index (χ4n) is 4.11. The van der Waals surface area contributed by atoms with Crippen LogP contribution in [0.4, 0.5) is 5.69 Å². The van der Waals surface area contributed by atoms with E-state index in [2.05, 4.69) is 26.2 Å². The fourth-order valence-corrected chi connectivity index (χ4v) is 4.11. The number of methoxy groups -OCH3 is 1. The molecule has 0 bridgehead atoms. The first kappa shape index (κ1) is 21.5. The number of ether oxygens (including phenoxy) is 1. The molecule has 1 aliphatic carbocycles. The molecule has 0 unspecified atom stereocenters. The molecule has 1 aromatic carbocycles. The van der Waals surface area contributed by atoms with Gasteiger partial charge in [-0.25, -0.2) is 4.98 Å². The van der Waals surface area contributed by atoms with Crippen molar-refractivity contribution in [2.45, 2.75) is 38.1 Å². The van der Waals surface area contributed by atoms with Gasteiger partial charge in [0.2, 0.25) is 0 Å². The SMILES string of the molecule is CN=CC(=CN)c1cccc(C(=O)Nc2cc3cn(C4CCCCC4)nc3cc2OC)n1. The Morgan fingerprint density at radius 3 is 2.75 bits per heavy atom. The van der Waals surface area contributed by atoms with E-state index in [9.17, 15) is 4.79 Å². The number of benzene rings is 1. The Balaban J connectivity index is 1.61. The van der Waals surface area contributed by atoms with Crippen LogP contribution in [0.2, 0.25) is 0 Å². The Bertz CT molecular complexity index is 1170. The average molecular weight is 433 g/mol. The Labute approximate surface area is 187 Å². The minimum Gasteiger partial charge on any atom is -0.494 e. The van der Waals surface area contributed by atoms with E-state index in [0.717, 1.165) is 23.7 Å². The highest BCUT2D eigenvalue weighted by Gasteiger charge is 2.19. The van der Waals surface area contributed by atoms with Crippen molar-refractivity contribution in [3.05, 3.63) is 54.1 Å². The van der Waals surface area contributed by atoms with E-state index < -0.39 is 0 Å². The minimum atomic E-state index is -0.339. The molecule has 0 spiro atoms. The quantitative estimate of drug-likeness (QED) is 0.568. The molecule has 1 aliphatic rings. The van der Waals surface area contributed by atoms with Crippen molar-refractivity contribution in [3.63, 3.8) is 0 Å². The van der Waals surface area contributed by atoms with Crippen LogP contribution in [0.5, 0.6) is 5.75 Å². The lowest BCUT2D eigenvalue weighted by Crippen LogP contribution is -2.15. The van der Waals surface area contributed by atoms with E-state index in [1.807, 2.05) is 12.1 Å². The molecule has 3 aromatic rings. The standard InChI is InChI=1S/C24H28N6O2/c1-26-14-17(13-25)19-9-6-10-20(27-19)24(31)28-22-11-16-15-30(18-7-4-3-5-8-18)29-21(16)12-23(22)32-2/h6,9-15,18H,3-5,7-8,25H2,1-2H3,(H,28,31). The summed E-state index contributed by atoms with van der Waals surface area (Å²) in [6.07, 6.45) is 11.2. The first-order chi connectivity index (χ1) is 15.6. The first-order valence-corrected chi connectivity index (χ1v) is 10.8. The third kappa shape index (κ3) is 4.49. The number of amides is 1. The van der Waals surface area contributed by atoms with Gasteiger partial charge in [-0.05, 0) is 31.0 Å². The number of aliphatic imine (C=N–C) groups is 1. The molecule has 0 atom stereocenters. The van der Waals surface area contributed by atoms with Crippen LogP contribution in [-0.2, 0) is 0 Å². The summed E-state index contributed by atoms with van der Waals surface area (Å²) in [7, 11) is 3.23. The zero-order valence-electron chi connectivity index (χ0n) is 18.4. The van der Waals surface area contributed by atoms with Gasteiger partial charge in [0, 0.05) is 42.7 Å². The van der Waals surface area contributed by atoms with E-state index in [4.69, 9.17) is 15.6 Å². The molecule has 32 heavy (non-hydrogen) atoms. The van der Waals surface area contributed by atoms with Crippen molar-refractivity contribution in [1.29, 1.82) is 0 Å². The Morgan fingerprint density at radius 2 is 2.03 bits per heavy atom. The number of carbonyl (C=O) groups excluding carboxylic acids is 1. The Morgan fingerprint density at radius 1 is 1.25 bits per heavy atom. The highest BCUT2D eigenvalue weighted by atomic mass is 16.5. The maximum Gasteiger partial charge on any atom is 0.274 e. The van der Waals surface area contributed by atoms with Crippen LogP contribution in [0.25, 0.3) is 16.5 Å². The van der Waals surface area contributed by atoms with Gasteiger partial charge in [0.15, 0.2) is 0 Å². The van der Waals surface area contributed by atoms with Crippen molar-refractivity contribution >= 4 is 34.3 Å². The van der Waals surface area contributed by atoms with Crippen molar-refractivity contribution in [3.8, 4) is 5.75 Å². The minimum absolute atomic E-state index is 0.270. The van der Waals surface area contributed by atoms with Crippen LogP contribution in [0.1, 0.15) is 54.3 Å². The van der Waals surface area contributed by atoms with Crippen LogP contribution in [0.3, 0.4) is 0 Å². The summed E-state index contributed by atoms with van der Waals surface area (Å²) in [5.41, 5.74) is 8.57. The molecule has 3 N–H and O–H groups in total. The molecule has 4 rings (SSSR count). The third-order valence-corrected chi connectivity index (χ3v) is 5.77. The smallest absolute Gasteiger partial charge is 0.274 e. The number of allylic oxidation sites excluding steroid dienone is 1. The van der Waals surface area contributed by atoms with Crippen molar-refractivity contribution in [2.24, 2.45) is 10.7 Å². The molecular formula is C24H28N6O2. The molecule has 166 valence electrons. The van der Waals surface area contributed by atoms with Crippen LogP contribution in [0.15, 0.2) is 47.7 Å². The Hall–Kier alpha value is -3.68. The summed E-state index contributed by atoms with van der Waals surface area (Å²) in [6, 6.07) is 9.39. The van der Waals surface area contributed by atoms with Gasteiger partial charge in [-0.2, -0.15) is 5.10 Å². The van der Waals surface area contributed by atoms with E-state index in [-0.39, 0.29) is 11.6 Å². The molecule has 1 amide bonds. The second-order valence-electron chi connectivity index (χ2n) is 7.88. The van der Waals surface area contributed by atoms with Crippen molar-refractivity contribution < 1.29 is 9.53 Å². The maximum atomic E-state index is 13.0. The monoisotopic (exact) mass is 432 g/mol. The zero-order chi connectivity index (χ0) is 22.5. The van der Waals surface area contributed by atoms with Crippen LogP contribution < -0.4 is 15.8 Å². The number of carbonyl (C=O) groups is 1. The summed E-state index contributed by atoms with van der Waals surface area (Å²) in [6.45, 7) is 0. The summed E-state index contributed by atoms with van der Waals surface area (Å²) in [4.78, 5) is 21.4. The normalized spacial score (nSPS) is 15.4. The fraction of sp³-hybridized carbons (Fsp3) is 0.333. The zero-order valence-corrected chi connectivity index (χ0v) is 18.4. The molecule has 1 fully saturated rings. The average Bonchev–Trinajstić information content (AvgIpc) is 3.25. The summed E-state index contributed by atoms with van der Waals surface area (Å²) >= 11 is 0. The second-order valence-corrected chi connectivity index (χ2v) is 7.88. The molecule has 2 heterocycles. The van der Waals surface area contributed by atoms with Crippen LogP contribution in [0, 0.1) is 0 Å². The molecule has 0 aliphatic heterocycles. The molecule has 0 radical (unpaired) electrons. The molecule has 0 saturated heterocycles. The van der Waals surface area contributed by atoms with Crippen LogP contribution in [-0.4, -0.2) is 41.0 Å². The van der Waals surface area contributed by atoms with Gasteiger partial charge < -0.3 is 15.8 Å². The van der Waals surface area contributed by atoms with Gasteiger partial charge in [0.1, 0.15) is 11.4 Å². The lowest BCUT2D eigenvalue weighted by atomic mass is 9.96. The molecule has 2 aromatic heterocycles. The van der Waals surface area contributed by atoms with Gasteiger partial charge in [0.25, 0.3) is 5.91 Å². The van der Waals surface area contributed by atoms with Gasteiger partial charge >= 0.3 is 0 Å². The number of hydrogen-bond acceptors (Lipinski definition) is 6. The van der Waals surface area contributed by atoms with Gasteiger partial charge in [-0.3, -0.25) is 14.5 Å². The number of nitrogens with one attached hydrogen (secondary N) is 1. The number of anilines is 1. The summed E-state index contributed by atoms with van der Waals surface area (Å²) in [5, 5.41) is 8.65. The van der Waals surface area contributed by atoms with Crippen LogP contribution >= 0.6 is 0 Å². The van der Waals surface area contributed by atoms with Crippen molar-refractivity contribution in [1.82, 2.24) is 14.8 Å². The molecular weight excluding hydrogens is 404 g/mol. The summed E-state index contributed by atoms with van der Waals surface area (Å²) < 4.78 is 7.59. The topological polar surface area (TPSA) is 107 Å². The third-order valence-electron chi connectivity index (χ3n) is 5.77. The number of nitrogens with two attached hydrogens (primary N) is 1.